The number of carbonyl (C=O) groups is 2. The van der Waals surface area contributed by atoms with E-state index in [-0.39, 0.29) is 22.7 Å². The molecule has 4 rings (SSSR count). The lowest BCUT2D eigenvalue weighted by molar-refractivity contribution is 0.0974. The van der Waals surface area contributed by atoms with E-state index >= 15 is 0 Å². The molecule has 3 aromatic carbocycles. The Kier molecular flexibility index (Phi) is 5.38. The topological polar surface area (TPSA) is 71.1 Å². The minimum absolute atomic E-state index is 0.223. The van der Waals surface area contributed by atoms with E-state index in [4.69, 9.17) is 18.9 Å². The number of ether oxygens (including phenoxy) is 4. The van der Waals surface area contributed by atoms with Gasteiger partial charge >= 0.3 is 0 Å². The Labute approximate surface area is 180 Å². The third-order valence-corrected chi connectivity index (χ3v) is 5.48. The number of ketones is 2. The van der Waals surface area contributed by atoms with Crippen LogP contribution in [0, 0.1) is 0 Å². The van der Waals surface area contributed by atoms with Crippen molar-refractivity contribution in [2.75, 3.05) is 28.4 Å². The molecule has 158 valence electrons. The maximum absolute atomic E-state index is 13.5. The van der Waals surface area contributed by atoms with Crippen molar-refractivity contribution >= 4 is 11.6 Å². The maximum Gasteiger partial charge on any atom is 0.201 e. The van der Waals surface area contributed by atoms with Crippen LogP contribution in [0.15, 0.2) is 48.5 Å². The van der Waals surface area contributed by atoms with Gasteiger partial charge < -0.3 is 18.9 Å². The molecule has 1 aliphatic carbocycles. The summed E-state index contributed by atoms with van der Waals surface area (Å²) in [6.45, 7) is 0. The quantitative estimate of drug-likeness (QED) is 0.470. The molecule has 0 atom stereocenters. The smallest absolute Gasteiger partial charge is 0.201 e. The average Bonchev–Trinajstić information content (AvgIpc) is 2.81. The van der Waals surface area contributed by atoms with E-state index in [1.54, 1.807) is 38.5 Å². The molecule has 3 aromatic rings. The lowest BCUT2D eigenvalue weighted by Crippen LogP contribution is -2.23. The third kappa shape index (κ3) is 3.30. The van der Waals surface area contributed by atoms with Crippen LogP contribution in [-0.2, 0) is 6.42 Å². The molecule has 0 spiro atoms. The van der Waals surface area contributed by atoms with Gasteiger partial charge in [-0.3, -0.25) is 9.59 Å². The molecule has 6 nitrogen and oxygen atoms in total. The zero-order chi connectivity index (χ0) is 22.1. The van der Waals surface area contributed by atoms with E-state index in [2.05, 4.69) is 0 Å². The number of fused-ring (bicyclic) bond motifs is 2. The van der Waals surface area contributed by atoms with Crippen molar-refractivity contribution in [2.24, 2.45) is 0 Å². The first-order valence-electron chi connectivity index (χ1n) is 9.71. The van der Waals surface area contributed by atoms with Crippen molar-refractivity contribution in [3.05, 3.63) is 81.9 Å². The van der Waals surface area contributed by atoms with Crippen molar-refractivity contribution in [3.8, 4) is 23.0 Å². The van der Waals surface area contributed by atoms with Gasteiger partial charge in [0.25, 0.3) is 0 Å². The Hall–Kier alpha value is -3.80. The second-order valence-corrected chi connectivity index (χ2v) is 7.09. The number of carbonyl (C=O) groups excluding carboxylic acids is 2. The summed E-state index contributed by atoms with van der Waals surface area (Å²) in [5.41, 5.74) is 2.94. The molecule has 31 heavy (non-hydrogen) atoms. The fourth-order valence-corrected chi connectivity index (χ4v) is 4.02. The molecule has 0 radical (unpaired) electrons. The standard InChI is InChI=1S/C25H22O6/c1-28-18-11-8-14(13-20(18)30-3)12-15-9-10-17-22(25(15)31-4)24(27)21-16(23(17)26)6-5-7-19(21)29-2/h5-11,13H,12H2,1-4H3. The Morgan fingerprint density at radius 3 is 2.03 bits per heavy atom. The zero-order valence-corrected chi connectivity index (χ0v) is 17.8. The van der Waals surface area contributed by atoms with Crippen molar-refractivity contribution in [1.82, 2.24) is 0 Å². The molecule has 0 amide bonds. The molecule has 0 aromatic heterocycles. The van der Waals surface area contributed by atoms with Gasteiger partial charge in [0.05, 0.1) is 39.6 Å². The summed E-state index contributed by atoms with van der Waals surface area (Å²) >= 11 is 0. The predicted molar refractivity (Wildman–Crippen MR) is 115 cm³/mol. The first kappa shape index (κ1) is 20.5. The largest absolute Gasteiger partial charge is 0.496 e. The van der Waals surface area contributed by atoms with Crippen LogP contribution in [0.5, 0.6) is 23.0 Å². The molecule has 0 heterocycles. The highest BCUT2D eigenvalue weighted by molar-refractivity contribution is 6.30. The fraction of sp³-hybridized carbons (Fsp3) is 0.200. The van der Waals surface area contributed by atoms with Crippen LogP contribution in [0.2, 0.25) is 0 Å². The molecule has 6 heteroatoms. The molecule has 0 saturated heterocycles. The summed E-state index contributed by atoms with van der Waals surface area (Å²) in [7, 11) is 6.14. The van der Waals surface area contributed by atoms with Crippen molar-refractivity contribution in [1.29, 1.82) is 0 Å². The van der Waals surface area contributed by atoms with Crippen LogP contribution in [-0.4, -0.2) is 40.0 Å². The first-order chi connectivity index (χ1) is 15.0. The van der Waals surface area contributed by atoms with Gasteiger partial charge in [-0.25, -0.2) is 0 Å². The van der Waals surface area contributed by atoms with Gasteiger partial charge in [-0.05, 0) is 35.4 Å². The minimum Gasteiger partial charge on any atom is -0.496 e. The molecule has 0 N–H and O–H groups in total. The van der Waals surface area contributed by atoms with Gasteiger partial charge in [-0.15, -0.1) is 0 Å². The van der Waals surface area contributed by atoms with Crippen molar-refractivity contribution < 1.29 is 28.5 Å². The van der Waals surface area contributed by atoms with Crippen LogP contribution in [0.4, 0.5) is 0 Å². The minimum atomic E-state index is -0.284. The monoisotopic (exact) mass is 418 g/mol. The normalized spacial score (nSPS) is 12.1. The van der Waals surface area contributed by atoms with Crippen molar-refractivity contribution in [2.45, 2.75) is 6.42 Å². The summed E-state index contributed by atoms with van der Waals surface area (Å²) in [4.78, 5) is 26.6. The van der Waals surface area contributed by atoms with Crippen LogP contribution in [0.25, 0.3) is 0 Å². The zero-order valence-electron chi connectivity index (χ0n) is 17.8. The van der Waals surface area contributed by atoms with Crippen LogP contribution in [0.3, 0.4) is 0 Å². The highest BCUT2D eigenvalue weighted by Crippen LogP contribution is 2.39. The average molecular weight is 418 g/mol. The SMILES string of the molecule is COc1ccc(Cc2ccc3c(c2OC)C(=O)c2c(OC)cccc2C3=O)cc1OC. The van der Waals surface area contributed by atoms with Gasteiger partial charge in [-0.2, -0.15) is 0 Å². The molecular formula is C25H22O6. The number of hydrogen-bond acceptors (Lipinski definition) is 6. The molecule has 0 unspecified atom stereocenters. The predicted octanol–water partition coefficient (Wildman–Crippen LogP) is 4.09. The van der Waals surface area contributed by atoms with E-state index < -0.39 is 0 Å². The van der Waals surface area contributed by atoms with Gasteiger partial charge in [-0.1, -0.05) is 24.3 Å². The van der Waals surface area contributed by atoms with Crippen LogP contribution in [0.1, 0.15) is 43.0 Å². The molecule has 0 aliphatic heterocycles. The molecule has 1 aliphatic rings. The highest BCUT2D eigenvalue weighted by Gasteiger charge is 2.35. The molecule has 0 fully saturated rings. The van der Waals surface area contributed by atoms with E-state index in [1.807, 2.05) is 24.3 Å². The number of hydrogen-bond donors (Lipinski definition) is 0. The van der Waals surface area contributed by atoms with Gasteiger partial charge in [0, 0.05) is 17.5 Å². The van der Waals surface area contributed by atoms with Gasteiger partial charge in [0.1, 0.15) is 11.5 Å². The fourth-order valence-electron chi connectivity index (χ4n) is 4.02. The Bertz CT molecular complexity index is 1190. The number of benzene rings is 3. The summed E-state index contributed by atoms with van der Waals surface area (Å²) in [6.07, 6.45) is 0.483. The van der Waals surface area contributed by atoms with Gasteiger partial charge in [0.2, 0.25) is 5.78 Å². The summed E-state index contributed by atoms with van der Waals surface area (Å²) in [6, 6.07) is 14.2. The lowest BCUT2D eigenvalue weighted by atomic mass is 9.81. The van der Waals surface area contributed by atoms with Crippen LogP contribution < -0.4 is 18.9 Å². The Balaban J connectivity index is 1.83. The molecule has 0 saturated carbocycles. The Morgan fingerprint density at radius 2 is 1.35 bits per heavy atom. The summed E-state index contributed by atoms with van der Waals surface area (Å²) < 4.78 is 21.7. The first-order valence-corrected chi connectivity index (χ1v) is 9.71. The number of rotatable bonds is 6. The second kappa shape index (κ2) is 8.14. The second-order valence-electron chi connectivity index (χ2n) is 7.09. The van der Waals surface area contributed by atoms with E-state index in [1.165, 1.54) is 14.2 Å². The van der Waals surface area contributed by atoms with E-state index in [9.17, 15) is 9.59 Å². The summed E-state index contributed by atoms with van der Waals surface area (Å²) in [5, 5.41) is 0. The van der Waals surface area contributed by atoms with E-state index in [0.717, 1.165) is 11.1 Å². The summed E-state index contributed by atoms with van der Waals surface area (Å²) in [5.74, 6) is 1.50. The van der Waals surface area contributed by atoms with Crippen molar-refractivity contribution in [3.63, 3.8) is 0 Å². The highest BCUT2D eigenvalue weighted by atomic mass is 16.5. The van der Waals surface area contributed by atoms with Gasteiger partial charge in [0.15, 0.2) is 17.3 Å². The Morgan fingerprint density at radius 1 is 0.645 bits per heavy atom. The lowest BCUT2D eigenvalue weighted by Gasteiger charge is -2.23. The number of methoxy groups -OCH3 is 4. The molecule has 0 bridgehead atoms. The maximum atomic E-state index is 13.5. The third-order valence-electron chi connectivity index (χ3n) is 5.48. The van der Waals surface area contributed by atoms with Crippen LogP contribution >= 0.6 is 0 Å². The molecular weight excluding hydrogens is 396 g/mol. The van der Waals surface area contributed by atoms with E-state index in [0.29, 0.717) is 40.5 Å².